The fraction of sp³-hybridized carbons (Fsp3) is 0.208. The van der Waals surface area contributed by atoms with Gasteiger partial charge in [-0.15, -0.1) is 0 Å². The van der Waals surface area contributed by atoms with Crippen LogP contribution >= 0.6 is 11.6 Å². The molecule has 172 valence electrons. The second-order valence-electron chi connectivity index (χ2n) is 8.34. The zero-order chi connectivity index (χ0) is 24.0. The Kier molecular flexibility index (Phi) is 5.41. The van der Waals surface area contributed by atoms with Gasteiger partial charge in [-0.05, 0) is 61.4 Å². The van der Waals surface area contributed by atoms with E-state index in [2.05, 4.69) is 15.5 Å². The van der Waals surface area contributed by atoms with Crippen LogP contribution in [-0.2, 0) is 9.59 Å². The Hall–Kier alpha value is -3.98. The lowest BCUT2D eigenvalue weighted by atomic mass is 10.1. The van der Waals surface area contributed by atoms with Crippen molar-refractivity contribution in [3.05, 3.63) is 81.5 Å². The van der Waals surface area contributed by atoms with Gasteiger partial charge in [0, 0.05) is 23.7 Å². The number of hydrogen-bond donors (Lipinski definition) is 1. The molecular formula is C24H21ClN6O3. The zero-order valence-electron chi connectivity index (χ0n) is 18.5. The van der Waals surface area contributed by atoms with E-state index in [1.165, 1.54) is 12.5 Å². The fourth-order valence-electron chi connectivity index (χ4n) is 4.00. The molecule has 1 aliphatic rings. The number of rotatable bonds is 4. The minimum absolute atomic E-state index is 0.0452. The van der Waals surface area contributed by atoms with Crippen molar-refractivity contribution >= 4 is 40.1 Å². The predicted molar refractivity (Wildman–Crippen MR) is 129 cm³/mol. The molecule has 10 heteroatoms. The maximum absolute atomic E-state index is 13.0. The van der Waals surface area contributed by atoms with Crippen LogP contribution in [0.1, 0.15) is 17.5 Å². The van der Waals surface area contributed by atoms with Crippen molar-refractivity contribution in [3.8, 4) is 5.69 Å². The quantitative estimate of drug-likeness (QED) is 0.488. The number of anilines is 1. The van der Waals surface area contributed by atoms with Gasteiger partial charge < -0.3 is 4.90 Å². The summed E-state index contributed by atoms with van der Waals surface area (Å²) in [6.45, 7) is 4.23. The minimum atomic E-state index is -0.607. The van der Waals surface area contributed by atoms with Gasteiger partial charge in [-0.25, -0.2) is 14.3 Å². The van der Waals surface area contributed by atoms with Gasteiger partial charge in [0.2, 0.25) is 11.8 Å². The van der Waals surface area contributed by atoms with Crippen LogP contribution in [-0.4, -0.2) is 37.8 Å². The molecule has 0 aliphatic carbocycles. The molecule has 2 aromatic heterocycles. The summed E-state index contributed by atoms with van der Waals surface area (Å²) in [5, 5.41) is 5.15. The van der Waals surface area contributed by atoms with Gasteiger partial charge in [-0.1, -0.05) is 17.7 Å². The number of aromatic nitrogens is 4. The number of nitrogens with zero attached hydrogens (tertiary/aromatic N) is 5. The van der Waals surface area contributed by atoms with Crippen LogP contribution in [0.3, 0.4) is 0 Å². The number of carbonyl (C=O) groups excluding carboxylic acids is 2. The molecule has 0 radical (unpaired) electrons. The molecule has 9 nitrogen and oxygen atoms in total. The summed E-state index contributed by atoms with van der Waals surface area (Å²) >= 11 is 5.92. The topological polar surface area (TPSA) is 102 Å². The molecule has 0 bridgehead atoms. The first-order valence-corrected chi connectivity index (χ1v) is 11.1. The molecule has 0 saturated carbocycles. The third kappa shape index (κ3) is 3.84. The lowest BCUT2D eigenvalue weighted by Crippen LogP contribution is -2.37. The Bertz CT molecular complexity index is 1490. The Labute approximate surface area is 199 Å². The molecule has 4 aromatic rings. The molecule has 2 aromatic carbocycles. The Morgan fingerprint density at radius 3 is 2.53 bits per heavy atom. The van der Waals surface area contributed by atoms with Gasteiger partial charge in [-0.2, -0.15) is 5.10 Å². The highest BCUT2D eigenvalue weighted by molar-refractivity contribution is 6.30. The van der Waals surface area contributed by atoms with Crippen molar-refractivity contribution in [2.24, 2.45) is 5.92 Å². The van der Waals surface area contributed by atoms with Crippen LogP contribution < -0.4 is 15.9 Å². The first kappa shape index (κ1) is 21.8. The number of amides is 2. The Morgan fingerprint density at radius 2 is 1.79 bits per heavy atom. The van der Waals surface area contributed by atoms with E-state index in [0.29, 0.717) is 16.4 Å². The smallest absolute Gasteiger partial charge is 0.283 e. The van der Waals surface area contributed by atoms with Crippen LogP contribution in [0.5, 0.6) is 0 Å². The summed E-state index contributed by atoms with van der Waals surface area (Å²) in [7, 11) is 0. The molecular weight excluding hydrogens is 456 g/mol. The molecule has 1 atom stereocenters. The zero-order valence-corrected chi connectivity index (χ0v) is 19.3. The SMILES string of the molecule is Cc1ccc(-n2ncc3c(=O)n(NC(=O)C4CC(=O)N(c5ccc(Cl)cc5)C4)cnc32)cc1C. The van der Waals surface area contributed by atoms with Gasteiger partial charge in [0.05, 0.1) is 17.8 Å². The molecule has 3 heterocycles. The Morgan fingerprint density at radius 1 is 1.06 bits per heavy atom. The van der Waals surface area contributed by atoms with Gasteiger partial charge in [0.15, 0.2) is 5.65 Å². The number of hydrogen-bond acceptors (Lipinski definition) is 5. The molecule has 1 aliphatic heterocycles. The third-order valence-electron chi connectivity index (χ3n) is 6.09. The monoisotopic (exact) mass is 476 g/mol. The average molecular weight is 477 g/mol. The number of halogens is 1. The van der Waals surface area contributed by atoms with Crippen LogP contribution in [0.25, 0.3) is 16.7 Å². The van der Waals surface area contributed by atoms with Gasteiger partial charge >= 0.3 is 0 Å². The van der Waals surface area contributed by atoms with E-state index in [0.717, 1.165) is 21.5 Å². The van der Waals surface area contributed by atoms with E-state index in [4.69, 9.17) is 11.6 Å². The lowest BCUT2D eigenvalue weighted by molar-refractivity contribution is -0.123. The fourth-order valence-corrected chi connectivity index (χ4v) is 4.13. The van der Waals surface area contributed by atoms with Gasteiger partial charge in [0.25, 0.3) is 5.56 Å². The average Bonchev–Trinajstić information content (AvgIpc) is 3.42. The molecule has 2 amide bonds. The van der Waals surface area contributed by atoms with E-state index in [-0.39, 0.29) is 24.3 Å². The summed E-state index contributed by atoms with van der Waals surface area (Å²) in [5.74, 6) is -1.21. The normalized spacial score (nSPS) is 15.8. The van der Waals surface area contributed by atoms with Crippen LogP contribution in [0.2, 0.25) is 5.02 Å². The summed E-state index contributed by atoms with van der Waals surface area (Å²) in [5.41, 5.74) is 6.23. The number of aryl methyl sites for hydroxylation is 2. The summed E-state index contributed by atoms with van der Waals surface area (Å²) < 4.78 is 2.63. The van der Waals surface area contributed by atoms with Crippen molar-refractivity contribution in [2.75, 3.05) is 16.9 Å². The van der Waals surface area contributed by atoms with E-state index in [9.17, 15) is 14.4 Å². The molecule has 1 N–H and O–H groups in total. The molecule has 0 spiro atoms. The predicted octanol–water partition coefficient (Wildman–Crippen LogP) is 2.98. The van der Waals surface area contributed by atoms with Gasteiger partial charge in [-0.3, -0.25) is 19.8 Å². The largest absolute Gasteiger partial charge is 0.312 e. The second kappa shape index (κ2) is 8.42. The van der Waals surface area contributed by atoms with E-state index >= 15 is 0 Å². The van der Waals surface area contributed by atoms with Crippen LogP contribution in [0.15, 0.2) is 59.8 Å². The molecule has 34 heavy (non-hydrogen) atoms. The highest BCUT2D eigenvalue weighted by atomic mass is 35.5. The highest BCUT2D eigenvalue weighted by Crippen LogP contribution is 2.26. The number of fused-ring (bicyclic) bond motifs is 1. The van der Waals surface area contributed by atoms with Crippen molar-refractivity contribution < 1.29 is 9.59 Å². The minimum Gasteiger partial charge on any atom is -0.312 e. The standard InChI is InChI=1S/C24H21ClN6O3/c1-14-3-6-19(9-15(14)2)31-22-20(11-27-31)24(34)30(13-26-22)28-23(33)16-10-21(32)29(12-16)18-7-4-17(25)5-8-18/h3-9,11,13,16H,10,12H2,1-2H3,(H,28,33). The van der Waals surface area contributed by atoms with E-state index in [1.54, 1.807) is 33.8 Å². The van der Waals surface area contributed by atoms with Crippen molar-refractivity contribution in [3.63, 3.8) is 0 Å². The summed E-state index contributed by atoms with van der Waals surface area (Å²) in [6.07, 6.45) is 2.74. The number of nitrogens with one attached hydrogen (secondary N) is 1. The summed E-state index contributed by atoms with van der Waals surface area (Å²) in [4.78, 5) is 44.2. The molecule has 1 fully saturated rings. The maximum atomic E-state index is 13.0. The molecule has 1 unspecified atom stereocenters. The number of benzene rings is 2. The lowest BCUT2D eigenvalue weighted by Gasteiger charge is -2.17. The molecule has 1 saturated heterocycles. The van der Waals surface area contributed by atoms with Crippen molar-refractivity contribution in [1.29, 1.82) is 0 Å². The maximum Gasteiger partial charge on any atom is 0.283 e. The number of carbonyl (C=O) groups is 2. The molecule has 5 rings (SSSR count). The summed E-state index contributed by atoms with van der Waals surface area (Å²) in [6, 6.07) is 12.7. The highest BCUT2D eigenvalue weighted by Gasteiger charge is 2.35. The van der Waals surface area contributed by atoms with E-state index in [1.807, 2.05) is 32.0 Å². The van der Waals surface area contributed by atoms with E-state index < -0.39 is 17.4 Å². The van der Waals surface area contributed by atoms with Crippen LogP contribution in [0, 0.1) is 19.8 Å². The van der Waals surface area contributed by atoms with Crippen molar-refractivity contribution in [2.45, 2.75) is 20.3 Å². The Balaban J connectivity index is 1.37. The first-order chi connectivity index (χ1) is 16.3. The first-order valence-electron chi connectivity index (χ1n) is 10.7. The van der Waals surface area contributed by atoms with Gasteiger partial charge in [0.1, 0.15) is 11.7 Å². The third-order valence-corrected chi connectivity index (χ3v) is 6.34. The van der Waals surface area contributed by atoms with Crippen LogP contribution in [0.4, 0.5) is 5.69 Å². The van der Waals surface area contributed by atoms with Crippen molar-refractivity contribution in [1.82, 2.24) is 19.4 Å². The second-order valence-corrected chi connectivity index (χ2v) is 8.78.